The first kappa shape index (κ1) is 13.7. The van der Waals surface area contributed by atoms with Crippen molar-refractivity contribution in [3.63, 3.8) is 0 Å². The lowest BCUT2D eigenvalue weighted by molar-refractivity contribution is 0.401. The highest BCUT2D eigenvalue weighted by Gasteiger charge is 2.12. The van der Waals surface area contributed by atoms with Crippen LogP contribution in [0.3, 0.4) is 0 Å². The highest BCUT2D eigenvalue weighted by atomic mass is 16.5. The molecule has 2 aromatic rings. The number of benzene rings is 1. The molecule has 2 rings (SSSR count). The molecule has 1 aromatic heterocycles. The molecule has 0 saturated heterocycles. The second-order valence-corrected chi connectivity index (χ2v) is 4.68. The summed E-state index contributed by atoms with van der Waals surface area (Å²) in [7, 11) is 3.65. The average Bonchev–Trinajstić information content (AvgIpc) is 2.87. The molecular formula is C16H21NO2. The zero-order valence-corrected chi connectivity index (χ0v) is 11.8. The van der Waals surface area contributed by atoms with Crippen LogP contribution in [0.2, 0.25) is 0 Å². The molecule has 1 unspecified atom stereocenters. The molecule has 1 aromatic carbocycles. The van der Waals surface area contributed by atoms with Gasteiger partial charge in [-0.15, -0.1) is 0 Å². The Morgan fingerprint density at radius 1 is 1.16 bits per heavy atom. The molecule has 0 aliphatic heterocycles. The van der Waals surface area contributed by atoms with Crippen molar-refractivity contribution < 1.29 is 9.15 Å². The van der Waals surface area contributed by atoms with Crippen molar-refractivity contribution >= 4 is 0 Å². The van der Waals surface area contributed by atoms with Crippen LogP contribution in [0.5, 0.6) is 5.75 Å². The van der Waals surface area contributed by atoms with Crippen LogP contribution in [-0.2, 0) is 6.42 Å². The summed E-state index contributed by atoms with van der Waals surface area (Å²) in [6.45, 7) is 1.97. The van der Waals surface area contributed by atoms with E-state index in [1.165, 1.54) is 5.56 Å². The number of nitrogens with one attached hydrogen (secondary N) is 1. The Bertz CT molecular complexity index is 502. The van der Waals surface area contributed by atoms with Crippen LogP contribution in [-0.4, -0.2) is 14.2 Å². The van der Waals surface area contributed by atoms with Crippen molar-refractivity contribution in [3.05, 3.63) is 53.5 Å². The molecule has 3 nitrogen and oxygen atoms in total. The van der Waals surface area contributed by atoms with Gasteiger partial charge in [0.1, 0.15) is 17.3 Å². The second-order valence-electron chi connectivity index (χ2n) is 4.68. The van der Waals surface area contributed by atoms with Gasteiger partial charge in [-0.2, -0.15) is 0 Å². The lowest BCUT2D eigenvalue weighted by Crippen LogP contribution is -2.16. The molecule has 19 heavy (non-hydrogen) atoms. The standard InChI is InChI=1S/C16H21NO2/c1-12-4-11-16(19-12)15(17-2)10-7-13-5-8-14(18-3)9-6-13/h4-6,8-9,11,15,17H,7,10H2,1-3H3. The summed E-state index contributed by atoms with van der Waals surface area (Å²) in [6.07, 6.45) is 2.02. The first-order valence-corrected chi connectivity index (χ1v) is 6.59. The summed E-state index contributed by atoms with van der Waals surface area (Å²) in [5, 5.41) is 3.31. The summed E-state index contributed by atoms with van der Waals surface area (Å²) < 4.78 is 10.8. The molecule has 0 bridgehead atoms. The van der Waals surface area contributed by atoms with E-state index in [4.69, 9.17) is 9.15 Å². The van der Waals surface area contributed by atoms with Gasteiger partial charge in [0.05, 0.1) is 13.2 Å². The monoisotopic (exact) mass is 259 g/mol. The van der Waals surface area contributed by atoms with E-state index in [2.05, 4.69) is 17.4 Å². The minimum Gasteiger partial charge on any atom is -0.497 e. The normalized spacial score (nSPS) is 12.4. The predicted octanol–water partition coefficient (Wildman–Crippen LogP) is 3.49. The van der Waals surface area contributed by atoms with E-state index in [9.17, 15) is 0 Å². The average molecular weight is 259 g/mol. The molecule has 1 atom stereocenters. The molecular weight excluding hydrogens is 238 g/mol. The maximum Gasteiger partial charge on any atom is 0.121 e. The number of methoxy groups -OCH3 is 1. The molecule has 0 aliphatic carbocycles. The zero-order valence-electron chi connectivity index (χ0n) is 11.8. The van der Waals surface area contributed by atoms with Crippen LogP contribution in [0.25, 0.3) is 0 Å². The van der Waals surface area contributed by atoms with Gasteiger partial charge in [0, 0.05) is 0 Å². The van der Waals surface area contributed by atoms with Gasteiger partial charge < -0.3 is 14.5 Å². The Labute approximate surface area is 114 Å². The summed E-state index contributed by atoms with van der Waals surface area (Å²) in [5.41, 5.74) is 1.31. The fourth-order valence-corrected chi connectivity index (χ4v) is 2.17. The molecule has 0 aliphatic rings. The van der Waals surface area contributed by atoms with Crippen molar-refractivity contribution in [2.24, 2.45) is 0 Å². The third-order valence-electron chi connectivity index (χ3n) is 3.33. The van der Waals surface area contributed by atoms with E-state index >= 15 is 0 Å². The molecule has 3 heteroatoms. The van der Waals surface area contributed by atoms with E-state index in [1.54, 1.807) is 7.11 Å². The Hall–Kier alpha value is -1.74. The summed E-state index contributed by atoms with van der Waals surface area (Å²) in [6, 6.07) is 12.5. The molecule has 1 N–H and O–H groups in total. The van der Waals surface area contributed by atoms with Crippen LogP contribution in [0.4, 0.5) is 0 Å². The fraction of sp³-hybridized carbons (Fsp3) is 0.375. The van der Waals surface area contributed by atoms with Crippen molar-refractivity contribution in [1.82, 2.24) is 5.32 Å². The van der Waals surface area contributed by atoms with E-state index in [0.717, 1.165) is 30.1 Å². The maximum atomic E-state index is 5.68. The fourth-order valence-electron chi connectivity index (χ4n) is 2.17. The van der Waals surface area contributed by atoms with E-state index in [-0.39, 0.29) is 6.04 Å². The molecule has 0 amide bonds. The van der Waals surface area contributed by atoms with Crippen molar-refractivity contribution in [1.29, 1.82) is 0 Å². The smallest absolute Gasteiger partial charge is 0.121 e. The molecule has 0 spiro atoms. The maximum absolute atomic E-state index is 5.68. The van der Waals surface area contributed by atoms with Crippen LogP contribution >= 0.6 is 0 Å². The quantitative estimate of drug-likeness (QED) is 0.862. The van der Waals surface area contributed by atoms with Crippen LogP contribution in [0.1, 0.15) is 29.5 Å². The van der Waals surface area contributed by atoms with Gasteiger partial charge >= 0.3 is 0 Å². The van der Waals surface area contributed by atoms with Gasteiger partial charge in [0.15, 0.2) is 0 Å². The Morgan fingerprint density at radius 2 is 1.89 bits per heavy atom. The van der Waals surface area contributed by atoms with E-state index in [1.807, 2.05) is 38.2 Å². The van der Waals surface area contributed by atoms with Crippen LogP contribution in [0.15, 0.2) is 40.8 Å². The number of aryl methyl sites for hydroxylation is 2. The highest BCUT2D eigenvalue weighted by Crippen LogP contribution is 2.21. The van der Waals surface area contributed by atoms with Gasteiger partial charge in [-0.1, -0.05) is 12.1 Å². The van der Waals surface area contributed by atoms with Crippen LogP contribution < -0.4 is 10.1 Å². The summed E-state index contributed by atoms with van der Waals surface area (Å²) in [5.74, 6) is 2.86. The summed E-state index contributed by atoms with van der Waals surface area (Å²) >= 11 is 0. The molecule has 102 valence electrons. The Morgan fingerprint density at radius 3 is 2.42 bits per heavy atom. The Kier molecular flexibility index (Phi) is 4.63. The lowest BCUT2D eigenvalue weighted by Gasteiger charge is -2.13. The zero-order chi connectivity index (χ0) is 13.7. The topological polar surface area (TPSA) is 34.4 Å². The van der Waals surface area contributed by atoms with Crippen molar-refractivity contribution in [2.75, 3.05) is 14.2 Å². The lowest BCUT2D eigenvalue weighted by atomic mass is 10.0. The first-order chi connectivity index (χ1) is 9.22. The molecule has 1 heterocycles. The molecule has 0 saturated carbocycles. The van der Waals surface area contributed by atoms with Crippen molar-refractivity contribution in [3.8, 4) is 5.75 Å². The number of hydrogen-bond donors (Lipinski definition) is 1. The minimum atomic E-state index is 0.260. The first-order valence-electron chi connectivity index (χ1n) is 6.59. The van der Waals surface area contributed by atoms with Gasteiger partial charge in [0.2, 0.25) is 0 Å². The number of ether oxygens (including phenoxy) is 1. The van der Waals surface area contributed by atoms with Gasteiger partial charge in [0.25, 0.3) is 0 Å². The number of rotatable bonds is 6. The number of hydrogen-bond acceptors (Lipinski definition) is 3. The SMILES string of the molecule is CNC(CCc1ccc(OC)cc1)c1ccc(C)o1. The van der Waals surface area contributed by atoms with Crippen LogP contribution in [0, 0.1) is 6.92 Å². The van der Waals surface area contributed by atoms with Gasteiger partial charge in [-0.25, -0.2) is 0 Å². The predicted molar refractivity (Wildman–Crippen MR) is 76.6 cm³/mol. The van der Waals surface area contributed by atoms with E-state index < -0.39 is 0 Å². The third-order valence-corrected chi connectivity index (χ3v) is 3.33. The third kappa shape index (κ3) is 3.61. The highest BCUT2D eigenvalue weighted by molar-refractivity contribution is 5.27. The van der Waals surface area contributed by atoms with Crippen molar-refractivity contribution in [2.45, 2.75) is 25.8 Å². The number of furan rings is 1. The molecule has 0 radical (unpaired) electrons. The second kappa shape index (κ2) is 6.43. The Balaban J connectivity index is 1.95. The molecule has 0 fully saturated rings. The van der Waals surface area contributed by atoms with Gasteiger partial charge in [-0.05, 0) is 56.6 Å². The minimum absolute atomic E-state index is 0.260. The van der Waals surface area contributed by atoms with Gasteiger partial charge in [-0.3, -0.25) is 0 Å². The summed E-state index contributed by atoms with van der Waals surface area (Å²) in [4.78, 5) is 0. The largest absolute Gasteiger partial charge is 0.497 e. The van der Waals surface area contributed by atoms with E-state index in [0.29, 0.717) is 0 Å².